The average Bonchev–Trinajstić information content (AvgIpc) is 2.61. The standard InChI is InChI=1S/C19H20FNO4/c1-4-25-17-9-7-14(12-18(17)24-3)21-19(22)10-6-13-5-8-16(23-2)15(20)11-13/h5-12H,4H2,1-3H3,(H,21,22)/b10-6+. The van der Waals surface area contributed by atoms with Crippen LogP contribution in [0.5, 0.6) is 17.2 Å². The predicted octanol–water partition coefficient (Wildman–Crippen LogP) is 3.89. The Morgan fingerprint density at radius 3 is 2.44 bits per heavy atom. The van der Waals surface area contributed by atoms with Gasteiger partial charge in [0.2, 0.25) is 5.91 Å². The summed E-state index contributed by atoms with van der Waals surface area (Å²) in [5.41, 5.74) is 1.12. The van der Waals surface area contributed by atoms with Crippen LogP contribution >= 0.6 is 0 Å². The highest BCUT2D eigenvalue weighted by Gasteiger charge is 2.07. The molecule has 0 saturated carbocycles. The van der Waals surface area contributed by atoms with Crippen molar-refractivity contribution in [2.45, 2.75) is 6.92 Å². The summed E-state index contributed by atoms with van der Waals surface area (Å²) in [4.78, 5) is 12.0. The second-order valence-electron chi connectivity index (χ2n) is 5.02. The van der Waals surface area contributed by atoms with Crippen molar-refractivity contribution < 1.29 is 23.4 Å². The normalized spacial score (nSPS) is 10.6. The molecule has 2 aromatic carbocycles. The topological polar surface area (TPSA) is 56.8 Å². The fraction of sp³-hybridized carbons (Fsp3) is 0.211. The Kier molecular flexibility index (Phi) is 6.39. The van der Waals surface area contributed by atoms with Gasteiger partial charge < -0.3 is 19.5 Å². The quantitative estimate of drug-likeness (QED) is 0.774. The van der Waals surface area contributed by atoms with Gasteiger partial charge in [-0.3, -0.25) is 4.79 Å². The second kappa shape index (κ2) is 8.73. The lowest BCUT2D eigenvalue weighted by atomic mass is 10.2. The first kappa shape index (κ1) is 18.3. The molecule has 0 saturated heterocycles. The van der Waals surface area contributed by atoms with Gasteiger partial charge in [-0.05, 0) is 42.8 Å². The Hall–Kier alpha value is -3.02. The SMILES string of the molecule is CCOc1ccc(NC(=O)/C=C/c2ccc(OC)c(F)c2)cc1OC. The summed E-state index contributed by atoms with van der Waals surface area (Å²) in [5, 5.41) is 2.71. The Labute approximate surface area is 146 Å². The van der Waals surface area contributed by atoms with Gasteiger partial charge in [0.15, 0.2) is 23.1 Å². The monoisotopic (exact) mass is 345 g/mol. The van der Waals surface area contributed by atoms with Crippen LogP contribution in [0, 0.1) is 5.82 Å². The maximum absolute atomic E-state index is 13.6. The van der Waals surface area contributed by atoms with E-state index in [1.54, 1.807) is 24.3 Å². The van der Waals surface area contributed by atoms with E-state index in [1.807, 2.05) is 6.92 Å². The average molecular weight is 345 g/mol. The van der Waals surface area contributed by atoms with Crippen LogP contribution in [0.25, 0.3) is 6.08 Å². The highest BCUT2D eigenvalue weighted by Crippen LogP contribution is 2.30. The molecule has 25 heavy (non-hydrogen) atoms. The highest BCUT2D eigenvalue weighted by atomic mass is 19.1. The molecule has 0 radical (unpaired) electrons. The van der Waals surface area contributed by atoms with E-state index >= 15 is 0 Å². The zero-order valence-electron chi connectivity index (χ0n) is 14.3. The first-order chi connectivity index (χ1) is 12.1. The maximum atomic E-state index is 13.6. The number of nitrogens with one attached hydrogen (secondary N) is 1. The first-order valence-electron chi connectivity index (χ1n) is 7.70. The summed E-state index contributed by atoms with van der Waals surface area (Å²) in [6, 6.07) is 9.56. The Bertz CT molecular complexity index is 774. The number of rotatable bonds is 7. The van der Waals surface area contributed by atoms with Crippen molar-refractivity contribution in [3.8, 4) is 17.2 Å². The van der Waals surface area contributed by atoms with Gasteiger partial charge in [-0.1, -0.05) is 6.07 Å². The molecule has 0 aliphatic carbocycles. The maximum Gasteiger partial charge on any atom is 0.248 e. The molecule has 0 aliphatic heterocycles. The summed E-state index contributed by atoms with van der Waals surface area (Å²) in [6.45, 7) is 2.39. The predicted molar refractivity (Wildman–Crippen MR) is 94.8 cm³/mol. The largest absolute Gasteiger partial charge is 0.494 e. The van der Waals surface area contributed by atoms with E-state index in [4.69, 9.17) is 14.2 Å². The number of methoxy groups -OCH3 is 2. The Morgan fingerprint density at radius 1 is 1.08 bits per heavy atom. The van der Waals surface area contributed by atoms with E-state index in [0.29, 0.717) is 29.4 Å². The van der Waals surface area contributed by atoms with E-state index in [0.717, 1.165) is 0 Å². The lowest BCUT2D eigenvalue weighted by Crippen LogP contribution is -2.08. The number of benzene rings is 2. The number of halogens is 1. The third kappa shape index (κ3) is 4.97. The van der Waals surface area contributed by atoms with E-state index in [1.165, 1.54) is 38.5 Å². The minimum absolute atomic E-state index is 0.156. The summed E-state index contributed by atoms with van der Waals surface area (Å²) in [5.74, 6) is 0.458. The molecule has 0 heterocycles. The van der Waals surface area contributed by atoms with Crippen LogP contribution in [-0.4, -0.2) is 26.7 Å². The molecule has 2 rings (SSSR count). The molecule has 1 amide bonds. The number of hydrogen-bond acceptors (Lipinski definition) is 4. The van der Waals surface area contributed by atoms with Gasteiger partial charge >= 0.3 is 0 Å². The minimum Gasteiger partial charge on any atom is -0.494 e. The molecule has 6 heteroatoms. The lowest BCUT2D eigenvalue weighted by molar-refractivity contribution is -0.111. The van der Waals surface area contributed by atoms with E-state index < -0.39 is 5.82 Å². The van der Waals surface area contributed by atoms with Crippen molar-refractivity contribution in [1.82, 2.24) is 0 Å². The van der Waals surface area contributed by atoms with E-state index in [2.05, 4.69) is 5.32 Å². The summed E-state index contributed by atoms with van der Waals surface area (Å²) >= 11 is 0. The van der Waals surface area contributed by atoms with Crippen molar-refractivity contribution in [3.05, 3.63) is 53.9 Å². The van der Waals surface area contributed by atoms with Gasteiger partial charge in [0.25, 0.3) is 0 Å². The fourth-order valence-corrected chi connectivity index (χ4v) is 2.16. The molecule has 0 aliphatic rings. The van der Waals surface area contributed by atoms with Crippen molar-refractivity contribution in [1.29, 1.82) is 0 Å². The lowest BCUT2D eigenvalue weighted by Gasteiger charge is -2.11. The van der Waals surface area contributed by atoms with Crippen molar-refractivity contribution in [3.63, 3.8) is 0 Å². The number of anilines is 1. The molecular weight excluding hydrogens is 325 g/mol. The molecule has 0 fully saturated rings. The Morgan fingerprint density at radius 2 is 1.80 bits per heavy atom. The third-order valence-electron chi connectivity index (χ3n) is 3.33. The van der Waals surface area contributed by atoms with Gasteiger partial charge in [0, 0.05) is 17.8 Å². The van der Waals surface area contributed by atoms with E-state index in [-0.39, 0.29) is 11.7 Å². The molecule has 0 bridgehead atoms. The molecule has 0 unspecified atom stereocenters. The molecule has 0 atom stereocenters. The molecular formula is C19H20FNO4. The molecule has 132 valence electrons. The second-order valence-corrected chi connectivity index (χ2v) is 5.02. The van der Waals surface area contributed by atoms with Crippen LogP contribution in [-0.2, 0) is 4.79 Å². The van der Waals surface area contributed by atoms with Crippen molar-refractivity contribution in [2.24, 2.45) is 0 Å². The number of ether oxygens (including phenoxy) is 3. The van der Waals surface area contributed by atoms with Crippen LogP contribution in [0.1, 0.15) is 12.5 Å². The summed E-state index contributed by atoms with van der Waals surface area (Å²) in [7, 11) is 2.92. The number of hydrogen-bond donors (Lipinski definition) is 1. The molecule has 1 N–H and O–H groups in total. The van der Waals surface area contributed by atoms with Gasteiger partial charge in [-0.25, -0.2) is 4.39 Å². The summed E-state index contributed by atoms with van der Waals surface area (Å²) < 4.78 is 29.1. The minimum atomic E-state index is -0.485. The first-order valence-corrected chi connectivity index (χ1v) is 7.70. The zero-order chi connectivity index (χ0) is 18.2. The number of carbonyl (C=O) groups excluding carboxylic acids is 1. The molecule has 2 aromatic rings. The van der Waals surface area contributed by atoms with Gasteiger partial charge in [0.1, 0.15) is 0 Å². The van der Waals surface area contributed by atoms with Gasteiger partial charge in [0.05, 0.1) is 20.8 Å². The van der Waals surface area contributed by atoms with Crippen LogP contribution < -0.4 is 19.5 Å². The number of carbonyl (C=O) groups is 1. The van der Waals surface area contributed by atoms with Gasteiger partial charge in [-0.2, -0.15) is 0 Å². The molecule has 5 nitrogen and oxygen atoms in total. The van der Waals surface area contributed by atoms with Crippen LogP contribution in [0.4, 0.5) is 10.1 Å². The zero-order valence-corrected chi connectivity index (χ0v) is 14.3. The van der Waals surface area contributed by atoms with Crippen molar-refractivity contribution in [2.75, 3.05) is 26.1 Å². The van der Waals surface area contributed by atoms with Crippen LogP contribution in [0.2, 0.25) is 0 Å². The highest BCUT2D eigenvalue weighted by molar-refractivity contribution is 6.02. The number of amides is 1. The summed E-state index contributed by atoms with van der Waals surface area (Å²) in [6.07, 6.45) is 2.84. The Balaban J connectivity index is 2.05. The van der Waals surface area contributed by atoms with E-state index in [9.17, 15) is 9.18 Å². The molecule has 0 spiro atoms. The third-order valence-corrected chi connectivity index (χ3v) is 3.33. The van der Waals surface area contributed by atoms with Crippen LogP contribution in [0.15, 0.2) is 42.5 Å². The van der Waals surface area contributed by atoms with Crippen LogP contribution in [0.3, 0.4) is 0 Å². The van der Waals surface area contributed by atoms with Gasteiger partial charge in [-0.15, -0.1) is 0 Å². The fourth-order valence-electron chi connectivity index (χ4n) is 2.16. The van der Waals surface area contributed by atoms with Crippen molar-refractivity contribution >= 4 is 17.7 Å². The molecule has 0 aromatic heterocycles. The smallest absolute Gasteiger partial charge is 0.248 e.